The van der Waals surface area contributed by atoms with Crippen molar-refractivity contribution in [3.8, 4) is 33.6 Å². The van der Waals surface area contributed by atoms with Crippen molar-refractivity contribution < 1.29 is 13.9 Å². The summed E-state index contributed by atoms with van der Waals surface area (Å²) in [5.74, 6) is 0.175. The molecule has 0 fully saturated rings. The van der Waals surface area contributed by atoms with Crippen LogP contribution < -0.4 is 0 Å². The average molecular weight is 535 g/mol. The van der Waals surface area contributed by atoms with Crippen molar-refractivity contribution in [1.82, 2.24) is 30.2 Å². The second-order valence-corrected chi connectivity index (χ2v) is 9.11. The number of halogens is 1. The summed E-state index contributed by atoms with van der Waals surface area (Å²) < 4.78 is 13.6. The molecular weight excluding hydrogens is 512 g/mol. The summed E-state index contributed by atoms with van der Waals surface area (Å²) in [4.78, 5) is 17.5. The van der Waals surface area contributed by atoms with Gasteiger partial charge in [-0.1, -0.05) is 38.1 Å². The number of nitrogens with zero attached hydrogens (tertiary/aromatic N) is 5. The SMILES string of the molecule is CCOC(=O)c1c(C(C)C)ncn1Cc1c2ccocc-2c(Br)c1-c1ccccc1-c1nn[nH]n1. The predicted molar refractivity (Wildman–Crippen MR) is 133 cm³/mol. The van der Waals surface area contributed by atoms with E-state index in [1.807, 2.05) is 48.7 Å². The minimum Gasteiger partial charge on any atom is -0.472 e. The van der Waals surface area contributed by atoms with Gasteiger partial charge in [-0.15, -0.1) is 10.2 Å². The number of ether oxygens (including phenoxy) is 1. The quantitative estimate of drug-likeness (QED) is 0.273. The molecular formula is C25H23BrN6O3. The lowest BCUT2D eigenvalue weighted by molar-refractivity contribution is 0.0512. The number of carbonyl (C=O) groups excluding carboxylic acids is 1. The number of H-pyrrole nitrogens is 1. The smallest absolute Gasteiger partial charge is 0.356 e. The van der Waals surface area contributed by atoms with Gasteiger partial charge in [0.2, 0.25) is 5.82 Å². The Morgan fingerprint density at radius 2 is 1.97 bits per heavy atom. The minimum atomic E-state index is -0.382. The first-order chi connectivity index (χ1) is 17.0. The highest BCUT2D eigenvalue weighted by molar-refractivity contribution is 9.10. The fraction of sp³-hybridized carbons (Fsp3) is 0.240. The molecule has 1 aromatic carbocycles. The minimum absolute atomic E-state index is 0.0658. The van der Waals surface area contributed by atoms with Gasteiger partial charge in [0, 0.05) is 21.2 Å². The Kier molecular flexibility index (Phi) is 6.21. The summed E-state index contributed by atoms with van der Waals surface area (Å²) >= 11 is 3.81. The fourth-order valence-electron chi connectivity index (χ4n) is 4.35. The molecule has 2 aromatic heterocycles. The van der Waals surface area contributed by atoms with Gasteiger partial charge >= 0.3 is 5.97 Å². The largest absolute Gasteiger partial charge is 0.472 e. The number of hydrogen-bond acceptors (Lipinski definition) is 7. The molecule has 3 heterocycles. The van der Waals surface area contributed by atoms with Crippen LogP contribution in [-0.2, 0) is 11.3 Å². The molecule has 10 heteroatoms. The third-order valence-electron chi connectivity index (χ3n) is 5.86. The number of fused-ring (bicyclic) bond motifs is 1. The normalized spacial score (nSPS) is 11.5. The fourth-order valence-corrected chi connectivity index (χ4v) is 5.11. The van der Waals surface area contributed by atoms with Gasteiger partial charge in [-0.3, -0.25) is 0 Å². The van der Waals surface area contributed by atoms with Gasteiger partial charge in [-0.05, 0) is 56.7 Å². The molecule has 9 nitrogen and oxygen atoms in total. The van der Waals surface area contributed by atoms with Crippen LogP contribution in [0.5, 0.6) is 0 Å². The van der Waals surface area contributed by atoms with Crippen LogP contribution in [0.15, 0.2) is 58.1 Å². The number of rotatable bonds is 7. The topological polar surface area (TPSA) is 112 Å². The molecule has 1 aliphatic carbocycles. The molecule has 0 amide bonds. The molecule has 0 radical (unpaired) electrons. The van der Waals surface area contributed by atoms with Gasteiger partial charge in [-0.2, -0.15) is 5.21 Å². The van der Waals surface area contributed by atoms with Crippen molar-refractivity contribution >= 4 is 21.9 Å². The Morgan fingerprint density at radius 3 is 2.69 bits per heavy atom. The maximum absolute atomic E-state index is 12.9. The van der Waals surface area contributed by atoms with E-state index in [9.17, 15) is 4.79 Å². The molecule has 3 aromatic rings. The van der Waals surface area contributed by atoms with Crippen molar-refractivity contribution in [2.75, 3.05) is 6.61 Å². The van der Waals surface area contributed by atoms with E-state index in [0.29, 0.717) is 23.8 Å². The standard InChI is InChI=1S/C25H23BrN6O3/c1-4-35-25(33)23-22(14(2)3)27-13-32(23)11-18-15-9-10-34-12-19(15)21(26)20(18)16-7-5-6-8-17(16)24-28-30-31-29-24/h5-10,12-14H,4,11H2,1-3H3,(H,28,29,30,31). The van der Waals surface area contributed by atoms with Gasteiger partial charge in [-0.25, -0.2) is 9.78 Å². The first-order valence-electron chi connectivity index (χ1n) is 11.2. The lowest BCUT2D eigenvalue weighted by Crippen LogP contribution is -2.15. The van der Waals surface area contributed by atoms with Crippen LogP contribution >= 0.6 is 15.9 Å². The molecule has 1 N–H and O–H groups in total. The Bertz CT molecular complexity index is 1450. The number of aromatic nitrogens is 6. The second-order valence-electron chi connectivity index (χ2n) is 8.31. The van der Waals surface area contributed by atoms with Crippen molar-refractivity contribution in [3.05, 3.63) is 70.6 Å². The number of nitrogens with one attached hydrogen (secondary N) is 1. The maximum atomic E-state index is 12.9. The molecule has 35 heavy (non-hydrogen) atoms. The summed E-state index contributed by atoms with van der Waals surface area (Å²) in [5, 5.41) is 14.6. The molecule has 0 unspecified atom stereocenters. The molecule has 1 aliphatic heterocycles. The summed E-state index contributed by atoms with van der Waals surface area (Å²) in [6.07, 6.45) is 5.06. The molecule has 0 bridgehead atoms. The zero-order chi connectivity index (χ0) is 24.5. The monoisotopic (exact) mass is 534 g/mol. The number of carbonyl (C=O) groups is 1. The number of hydrogen-bond donors (Lipinski definition) is 1. The third-order valence-corrected chi connectivity index (χ3v) is 6.69. The van der Waals surface area contributed by atoms with Crippen molar-refractivity contribution in [1.29, 1.82) is 0 Å². The highest BCUT2D eigenvalue weighted by Crippen LogP contribution is 2.48. The zero-order valence-electron chi connectivity index (χ0n) is 19.4. The molecule has 178 valence electrons. The van der Waals surface area contributed by atoms with Crippen LogP contribution in [0.4, 0.5) is 0 Å². The molecule has 0 atom stereocenters. The van der Waals surface area contributed by atoms with E-state index >= 15 is 0 Å². The van der Waals surface area contributed by atoms with Gasteiger partial charge in [0.25, 0.3) is 0 Å². The van der Waals surface area contributed by atoms with Gasteiger partial charge < -0.3 is 13.7 Å². The number of esters is 1. The molecule has 5 rings (SSSR count). The van der Waals surface area contributed by atoms with Crippen LogP contribution in [0.3, 0.4) is 0 Å². The first-order valence-corrected chi connectivity index (χ1v) is 12.0. The second kappa shape index (κ2) is 9.46. The van der Waals surface area contributed by atoms with E-state index in [1.165, 1.54) is 0 Å². The Balaban J connectivity index is 1.73. The molecule has 2 aliphatic rings. The van der Waals surface area contributed by atoms with Gasteiger partial charge in [0.05, 0.1) is 37.7 Å². The highest BCUT2D eigenvalue weighted by Gasteiger charge is 2.28. The Labute approximate surface area is 210 Å². The number of aromatic amines is 1. The zero-order valence-corrected chi connectivity index (χ0v) is 21.0. The third kappa shape index (κ3) is 4.03. The summed E-state index contributed by atoms with van der Waals surface area (Å²) in [6.45, 7) is 6.51. The van der Waals surface area contributed by atoms with Crippen molar-refractivity contribution in [2.45, 2.75) is 33.2 Å². The van der Waals surface area contributed by atoms with Crippen LogP contribution in [0.2, 0.25) is 0 Å². The average Bonchev–Trinajstić information content (AvgIpc) is 3.59. The van der Waals surface area contributed by atoms with Crippen molar-refractivity contribution in [2.24, 2.45) is 0 Å². The Hall–Kier alpha value is -3.79. The highest BCUT2D eigenvalue weighted by atomic mass is 79.9. The van der Waals surface area contributed by atoms with Crippen molar-refractivity contribution in [3.63, 3.8) is 0 Å². The van der Waals surface area contributed by atoms with E-state index in [1.54, 1.807) is 25.8 Å². The summed E-state index contributed by atoms with van der Waals surface area (Å²) in [5.41, 5.74) is 6.79. The van der Waals surface area contributed by atoms with Crippen LogP contribution in [0.1, 0.15) is 48.4 Å². The van der Waals surface area contributed by atoms with Gasteiger partial charge in [0.15, 0.2) is 5.69 Å². The molecule has 0 spiro atoms. The van der Waals surface area contributed by atoms with E-state index in [-0.39, 0.29) is 18.5 Å². The molecule has 0 saturated heterocycles. The van der Waals surface area contributed by atoms with Gasteiger partial charge in [0.1, 0.15) is 0 Å². The molecule has 0 saturated carbocycles. The van der Waals surface area contributed by atoms with E-state index < -0.39 is 0 Å². The van der Waals surface area contributed by atoms with Crippen LogP contribution in [-0.4, -0.2) is 42.8 Å². The lowest BCUT2D eigenvalue weighted by atomic mass is 9.97. The lowest BCUT2D eigenvalue weighted by Gasteiger charge is -2.14. The maximum Gasteiger partial charge on any atom is 0.356 e. The van der Waals surface area contributed by atoms with E-state index in [4.69, 9.17) is 9.15 Å². The Morgan fingerprint density at radius 1 is 1.17 bits per heavy atom. The number of benzene rings is 1. The first kappa shape index (κ1) is 23.0. The number of tetrazole rings is 1. The van der Waals surface area contributed by atoms with E-state index in [0.717, 1.165) is 37.9 Å². The number of imidazole rings is 1. The predicted octanol–water partition coefficient (Wildman–Crippen LogP) is 5.54. The summed E-state index contributed by atoms with van der Waals surface area (Å²) in [6, 6.07) is 9.81. The van der Waals surface area contributed by atoms with Crippen LogP contribution in [0, 0.1) is 0 Å². The van der Waals surface area contributed by atoms with Crippen LogP contribution in [0.25, 0.3) is 33.6 Å². The summed E-state index contributed by atoms with van der Waals surface area (Å²) in [7, 11) is 0. The van der Waals surface area contributed by atoms with E-state index in [2.05, 4.69) is 41.5 Å².